The lowest BCUT2D eigenvalue weighted by Gasteiger charge is -2.13. The molecular formula is C22H30N4O2. The number of amides is 1. The van der Waals surface area contributed by atoms with Crippen molar-refractivity contribution in [3.63, 3.8) is 0 Å². The molecule has 0 bridgehead atoms. The molecule has 0 spiro atoms. The van der Waals surface area contributed by atoms with Crippen molar-refractivity contribution in [2.24, 2.45) is 4.99 Å². The molecule has 1 amide bonds. The van der Waals surface area contributed by atoms with Crippen LogP contribution in [-0.2, 0) is 17.9 Å². The van der Waals surface area contributed by atoms with E-state index in [1.54, 1.807) is 7.11 Å². The summed E-state index contributed by atoms with van der Waals surface area (Å²) in [7, 11) is 1.67. The first-order valence-corrected chi connectivity index (χ1v) is 9.69. The van der Waals surface area contributed by atoms with E-state index in [9.17, 15) is 4.79 Å². The van der Waals surface area contributed by atoms with Crippen LogP contribution in [0.2, 0.25) is 0 Å². The number of para-hydroxylation sites is 1. The van der Waals surface area contributed by atoms with E-state index in [4.69, 9.17) is 4.74 Å². The molecule has 0 aliphatic carbocycles. The second-order valence-corrected chi connectivity index (χ2v) is 6.36. The quantitative estimate of drug-likeness (QED) is 0.457. The van der Waals surface area contributed by atoms with Gasteiger partial charge in [0, 0.05) is 30.8 Å². The molecule has 28 heavy (non-hydrogen) atoms. The molecule has 150 valence electrons. The standard InChI is InChI=1S/C22H30N4O2/c1-4-9-21(27)26-19-12-8-10-17(14-19)15-24-22(23-5-2)25-16-18-11-6-7-13-20(18)28-3/h6-8,10-14H,4-5,9,15-16H2,1-3H3,(H,26,27)(H2,23,24,25). The molecule has 2 aromatic carbocycles. The summed E-state index contributed by atoms with van der Waals surface area (Å²) in [6, 6.07) is 15.7. The van der Waals surface area contributed by atoms with Crippen molar-refractivity contribution >= 4 is 17.6 Å². The molecule has 0 aromatic heterocycles. The van der Waals surface area contributed by atoms with E-state index in [0.29, 0.717) is 19.5 Å². The Labute approximate surface area is 167 Å². The van der Waals surface area contributed by atoms with Gasteiger partial charge in [0.1, 0.15) is 5.75 Å². The highest BCUT2D eigenvalue weighted by atomic mass is 16.5. The molecule has 2 rings (SSSR count). The summed E-state index contributed by atoms with van der Waals surface area (Å²) >= 11 is 0. The zero-order valence-corrected chi connectivity index (χ0v) is 16.9. The van der Waals surface area contributed by atoms with Crippen molar-refractivity contribution in [2.75, 3.05) is 19.0 Å². The van der Waals surface area contributed by atoms with E-state index in [1.807, 2.05) is 62.4 Å². The third-order valence-corrected chi connectivity index (χ3v) is 4.09. The van der Waals surface area contributed by atoms with Gasteiger partial charge in [-0.2, -0.15) is 0 Å². The second kappa shape index (κ2) is 11.6. The Bertz CT molecular complexity index is 790. The summed E-state index contributed by atoms with van der Waals surface area (Å²) in [4.78, 5) is 16.4. The zero-order valence-electron chi connectivity index (χ0n) is 16.9. The van der Waals surface area contributed by atoms with Crippen LogP contribution < -0.4 is 20.7 Å². The third kappa shape index (κ3) is 6.95. The topological polar surface area (TPSA) is 74.8 Å². The van der Waals surface area contributed by atoms with E-state index in [-0.39, 0.29) is 5.91 Å². The number of ether oxygens (including phenoxy) is 1. The van der Waals surface area contributed by atoms with E-state index < -0.39 is 0 Å². The van der Waals surface area contributed by atoms with Gasteiger partial charge >= 0.3 is 0 Å². The lowest BCUT2D eigenvalue weighted by Crippen LogP contribution is -2.36. The number of carbonyl (C=O) groups is 1. The van der Waals surface area contributed by atoms with Crippen molar-refractivity contribution in [3.05, 3.63) is 59.7 Å². The molecular weight excluding hydrogens is 352 g/mol. The van der Waals surface area contributed by atoms with Gasteiger partial charge in [0.2, 0.25) is 5.91 Å². The first-order valence-electron chi connectivity index (χ1n) is 9.69. The average Bonchev–Trinajstić information content (AvgIpc) is 2.70. The van der Waals surface area contributed by atoms with Crippen molar-refractivity contribution < 1.29 is 9.53 Å². The minimum atomic E-state index is 0.0370. The van der Waals surface area contributed by atoms with Crippen LogP contribution >= 0.6 is 0 Å². The molecule has 6 nitrogen and oxygen atoms in total. The van der Waals surface area contributed by atoms with Gasteiger partial charge in [0.25, 0.3) is 0 Å². The Morgan fingerprint density at radius 2 is 1.89 bits per heavy atom. The summed E-state index contributed by atoms with van der Waals surface area (Å²) in [6.07, 6.45) is 1.36. The number of carbonyl (C=O) groups excluding carboxylic acids is 1. The lowest BCUT2D eigenvalue weighted by atomic mass is 10.2. The number of guanidine groups is 1. The van der Waals surface area contributed by atoms with Crippen molar-refractivity contribution in [1.82, 2.24) is 10.6 Å². The Morgan fingerprint density at radius 1 is 1.07 bits per heavy atom. The summed E-state index contributed by atoms with van der Waals surface area (Å²) in [5, 5.41) is 9.51. The van der Waals surface area contributed by atoms with Crippen LogP contribution in [0.5, 0.6) is 5.75 Å². The lowest BCUT2D eigenvalue weighted by molar-refractivity contribution is -0.116. The highest BCUT2D eigenvalue weighted by Gasteiger charge is 2.04. The van der Waals surface area contributed by atoms with Gasteiger partial charge in [0.15, 0.2) is 5.96 Å². The monoisotopic (exact) mass is 382 g/mol. The first-order chi connectivity index (χ1) is 13.7. The SMILES string of the molecule is CCCC(=O)Nc1cccc(CN=C(NCC)NCc2ccccc2OC)c1. The van der Waals surface area contributed by atoms with Gasteiger partial charge in [-0.3, -0.25) is 4.79 Å². The van der Waals surface area contributed by atoms with Gasteiger partial charge in [-0.25, -0.2) is 4.99 Å². The summed E-state index contributed by atoms with van der Waals surface area (Å²) in [5.74, 6) is 1.62. The van der Waals surface area contributed by atoms with Crippen molar-refractivity contribution in [2.45, 2.75) is 39.8 Å². The molecule has 0 aliphatic heterocycles. The Balaban J connectivity index is 2.01. The molecule has 0 aliphatic rings. The van der Waals surface area contributed by atoms with Crippen molar-refractivity contribution in [3.8, 4) is 5.75 Å². The molecule has 0 saturated heterocycles. The molecule has 2 aromatic rings. The third-order valence-electron chi connectivity index (χ3n) is 4.09. The molecule has 0 saturated carbocycles. The fourth-order valence-electron chi connectivity index (χ4n) is 2.74. The fraction of sp³-hybridized carbons (Fsp3) is 0.364. The Kier molecular flexibility index (Phi) is 8.85. The maximum Gasteiger partial charge on any atom is 0.224 e. The van der Waals surface area contributed by atoms with E-state index >= 15 is 0 Å². The van der Waals surface area contributed by atoms with Crippen LogP contribution in [0.15, 0.2) is 53.5 Å². The predicted molar refractivity (Wildman–Crippen MR) is 115 cm³/mol. The number of rotatable bonds is 9. The van der Waals surface area contributed by atoms with Crippen LogP contribution in [0.1, 0.15) is 37.8 Å². The molecule has 0 unspecified atom stereocenters. The smallest absolute Gasteiger partial charge is 0.224 e. The van der Waals surface area contributed by atoms with Crippen LogP contribution in [-0.4, -0.2) is 25.5 Å². The number of methoxy groups -OCH3 is 1. The van der Waals surface area contributed by atoms with Gasteiger partial charge < -0.3 is 20.7 Å². The fourth-order valence-corrected chi connectivity index (χ4v) is 2.74. The van der Waals surface area contributed by atoms with Gasteiger partial charge in [-0.1, -0.05) is 37.3 Å². The number of benzene rings is 2. The van der Waals surface area contributed by atoms with Gasteiger partial charge in [-0.15, -0.1) is 0 Å². The second-order valence-electron chi connectivity index (χ2n) is 6.36. The number of nitrogens with one attached hydrogen (secondary N) is 3. The van der Waals surface area contributed by atoms with E-state index in [0.717, 1.165) is 41.5 Å². The average molecular weight is 383 g/mol. The zero-order chi connectivity index (χ0) is 20.2. The highest BCUT2D eigenvalue weighted by Crippen LogP contribution is 2.16. The van der Waals surface area contributed by atoms with E-state index in [2.05, 4.69) is 20.9 Å². The Hall–Kier alpha value is -3.02. The molecule has 0 radical (unpaired) electrons. The van der Waals surface area contributed by atoms with Crippen LogP contribution in [0, 0.1) is 0 Å². The number of nitrogens with zero attached hydrogens (tertiary/aromatic N) is 1. The van der Waals surface area contributed by atoms with Crippen LogP contribution in [0.4, 0.5) is 5.69 Å². The highest BCUT2D eigenvalue weighted by molar-refractivity contribution is 5.90. The molecule has 0 atom stereocenters. The summed E-state index contributed by atoms with van der Waals surface area (Å²) in [6.45, 7) is 5.92. The largest absolute Gasteiger partial charge is 0.496 e. The summed E-state index contributed by atoms with van der Waals surface area (Å²) < 4.78 is 5.39. The molecule has 0 fully saturated rings. The number of anilines is 1. The number of aliphatic imine (C=N–C) groups is 1. The van der Waals surface area contributed by atoms with Gasteiger partial charge in [-0.05, 0) is 37.1 Å². The molecule has 3 N–H and O–H groups in total. The van der Waals surface area contributed by atoms with Crippen LogP contribution in [0.3, 0.4) is 0 Å². The normalized spacial score (nSPS) is 11.0. The number of hydrogen-bond donors (Lipinski definition) is 3. The number of hydrogen-bond acceptors (Lipinski definition) is 3. The van der Waals surface area contributed by atoms with Gasteiger partial charge in [0.05, 0.1) is 13.7 Å². The summed E-state index contributed by atoms with van der Waals surface area (Å²) in [5.41, 5.74) is 2.90. The van der Waals surface area contributed by atoms with Crippen molar-refractivity contribution in [1.29, 1.82) is 0 Å². The van der Waals surface area contributed by atoms with Crippen LogP contribution in [0.25, 0.3) is 0 Å². The molecule has 0 heterocycles. The predicted octanol–water partition coefficient (Wildman–Crippen LogP) is 3.69. The maximum absolute atomic E-state index is 11.8. The van der Waals surface area contributed by atoms with E-state index in [1.165, 1.54) is 0 Å². The Morgan fingerprint density at radius 3 is 2.64 bits per heavy atom. The maximum atomic E-state index is 11.8. The first kappa shape index (κ1) is 21.3. The minimum absolute atomic E-state index is 0.0370. The molecule has 6 heteroatoms. The minimum Gasteiger partial charge on any atom is -0.496 e.